The van der Waals surface area contributed by atoms with Crippen molar-refractivity contribution < 1.29 is 24.2 Å². The van der Waals surface area contributed by atoms with Crippen LogP contribution in [0.25, 0.3) is 10.9 Å². The summed E-state index contributed by atoms with van der Waals surface area (Å²) in [5.74, 6) is -3.01. The van der Waals surface area contributed by atoms with Crippen molar-refractivity contribution in [1.82, 2.24) is 25.0 Å². The van der Waals surface area contributed by atoms with Gasteiger partial charge in [-0.1, -0.05) is 26.0 Å². The van der Waals surface area contributed by atoms with E-state index in [-0.39, 0.29) is 29.6 Å². The molecular weight excluding hydrogens is 510 g/mol. The number of carbonyl (C=O) groups is 3. The molecule has 5 heterocycles. The molecule has 0 spiro atoms. The topological polar surface area (TPSA) is 118 Å². The van der Waals surface area contributed by atoms with Crippen LogP contribution in [0.4, 0.5) is 0 Å². The van der Waals surface area contributed by atoms with Gasteiger partial charge in [-0.05, 0) is 69.2 Å². The molecule has 1 aliphatic carbocycles. The number of rotatable bonds is 4. The van der Waals surface area contributed by atoms with Crippen LogP contribution in [0.3, 0.4) is 0 Å². The van der Waals surface area contributed by atoms with Crippen LogP contribution in [-0.2, 0) is 25.5 Å². The van der Waals surface area contributed by atoms with Crippen LogP contribution in [-0.4, -0.2) is 92.4 Å². The Bertz CT molecular complexity index is 1410. The van der Waals surface area contributed by atoms with Gasteiger partial charge in [0, 0.05) is 42.1 Å². The number of benzene rings is 1. The van der Waals surface area contributed by atoms with Crippen LogP contribution in [0.1, 0.15) is 63.5 Å². The molecule has 1 aromatic heterocycles. The highest BCUT2D eigenvalue weighted by Crippen LogP contribution is 2.47. The summed E-state index contributed by atoms with van der Waals surface area (Å²) >= 11 is 0. The molecule has 2 aromatic rings. The molecule has 3 N–H and O–H groups in total. The second kappa shape index (κ2) is 8.77. The number of ether oxygens (including phenoxy) is 1. The van der Waals surface area contributed by atoms with Crippen molar-refractivity contribution in [2.75, 3.05) is 20.1 Å². The fourth-order valence-corrected chi connectivity index (χ4v) is 8.29. The third kappa shape index (κ3) is 3.55. The van der Waals surface area contributed by atoms with E-state index in [1.54, 1.807) is 4.90 Å². The maximum Gasteiger partial charge on any atom is 0.280 e. The first-order valence-electron chi connectivity index (χ1n) is 14.7. The molecule has 40 heavy (non-hydrogen) atoms. The van der Waals surface area contributed by atoms with Crippen molar-refractivity contribution in [3.05, 3.63) is 35.5 Å². The molecule has 1 aromatic carbocycles. The number of piperazine rings is 1. The summed E-state index contributed by atoms with van der Waals surface area (Å²) in [4.78, 5) is 49.8. The van der Waals surface area contributed by atoms with E-state index in [1.165, 1.54) is 28.3 Å². The summed E-state index contributed by atoms with van der Waals surface area (Å²) in [5.41, 5.74) is 1.93. The number of likely N-dealkylation sites (tertiary alicyclic amines) is 1. The van der Waals surface area contributed by atoms with Crippen molar-refractivity contribution in [3.63, 3.8) is 0 Å². The molecule has 10 nitrogen and oxygen atoms in total. The second-order valence-electron chi connectivity index (χ2n) is 13.1. The average Bonchev–Trinajstić information content (AvgIpc) is 3.60. The number of H-pyrrole nitrogens is 1. The highest BCUT2D eigenvalue weighted by molar-refractivity contribution is 5.97. The number of nitrogens with zero attached hydrogens (tertiary/aromatic N) is 3. The van der Waals surface area contributed by atoms with Gasteiger partial charge in [0.2, 0.25) is 17.5 Å². The van der Waals surface area contributed by atoms with Crippen molar-refractivity contribution in [1.29, 1.82) is 0 Å². The first-order chi connectivity index (χ1) is 19.0. The van der Waals surface area contributed by atoms with Crippen molar-refractivity contribution in [3.8, 4) is 0 Å². The molecule has 0 saturated carbocycles. The minimum Gasteiger partial charge on any atom is -0.361 e. The van der Waals surface area contributed by atoms with Crippen molar-refractivity contribution >= 4 is 28.6 Å². The Morgan fingerprint density at radius 1 is 1.30 bits per heavy atom. The summed E-state index contributed by atoms with van der Waals surface area (Å²) in [6, 6.07) is 5.14. The number of fused-ring (bicyclic) bond motifs is 5. The van der Waals surface area contributed by atoms with Gasteiger partial charge in [-0.15, -0.1) is 0 Å². The molecule has 7 rings (SSSR count). The number of piperidine rings is 1. The van der Waals surface area contributed by atoms with Gasteiger partial charge in [0.1, 0.15) is 12.1 Å². The minimum atomic E-state index is -1.97. The third-order valence-corrected chi connectivity index (χ3v) is 10.0. The van der Waals surface area contributed by atoms with E-state index in [4.69, 9.17) is 4.74 Å². The predicted molar refractivity (Wildman–Crippen MR) is 147 cm³/mol. The van der Waals surface area contributed by atoms with Crippen LogP contribution in [0.15, 0.2) is 24.4 Å². The lowest BCUT2D eigenvalue weighted by molar-refractivity contribution is -0.315. The van der Waals surface area contributed by atoms with Crippen molar-refractivity contribution in [2.24, 2.45) is 11.8 Å². The van der Waals surface area contributed by atoms with Gasteiger partial charge >= 0.3 is 0 Å². The number of hydrogen-bond acceptors (Lipinski definition) is 6. The second-order valence-corrected chi connectivity index (χ2v) is 13.1. The van der Waals surface area contributed by atoms with Gasteiger partial charge in [0.25, 0.3) is 11.8 Å². The average molecular weight is 550 g/mol. The van der Waals surface area contributed by atoms with E-state index in [0.717, 1.165) is 18.4 Å². The monoisotopic (exact) mass is 549 g/mol. The minimum absolute atomic E-state index is 0.123. The standard InChI is InChI=1S/C30H39N5O5/c1-16(2)11-23-27(37)34-10-6-9-24(34)30(39)35(23)28(38)29(3,40-30)32-26(36)18-12-20-19-7-5-8-21-25(19)17(14-31-21)13-22(20)33(4)15-18/h5,7-8,14,16,18,20,22-24,31,39H,6,9-13,15H2,1-4H3,(H,32,36)/t18-,20?,22+,23-,24-,29+,30-/m0/s1. The number of amides is 3. The Balaban J connectivity index is 1.16. The summed E-state index contributed by atoms with van der Waals surface area (Å²) in [6.07, 6.45) is 5.36. The third-order valence-electron chi connectivity index (χ3n) is 10.0. The smallest absolute Gasteiger partial charge is 0.280 e. The maximum atomic E-state index is 14.0. The van der Waals surface area contributed by atoms with Crippen LogP contribution in [0.5, 0.6) is 0 Å². The number of likely N-dealkylation sites (N-methyl/N-ethyl adjacent to an activating group) is 1. The normalized spacial score (nSPS) is 37.2. The zero-order valence-electron chi connectivity index (χ0n) is 23.6. The zero-order chi connectivity index (χ0) is 28.1. The lowest BCUT2D eigenvalue weighted by atomic mass is 9.72. The molecule has 10 heteroatoms. The molecule has 4 fully saturated rings. The number of carbonyl (C=O) groups excluding carboxylic acids is 3. The predicted octanol–water partition coefficient (Wildman–Crippen LogP) is 1.88. The van der Waals surface area contributed by atoms with E-state index < -0.39 is 29.6 Å². The molecule has 3 amide bonds. The molecule has 5 aliphatic rings. The van der Waals surface area contributed by atoms with Crippen LogP contribution < -0.4 is 5.32 Å². The quantitative estimate of drug-likeness (QED) is 0.536. The van der Waals surface area contributed by atoms with E-state index in [9.17, 15) is 19.5 Å². The van der Waals surface area contributed by atoms with Gasteiger partial charge in [-0.2, -0.15) is 0 Å². The van der Waals surface area contributed by atoms with Crippen LogP contribution >= 0.6 is 0 Å². The summed E-state index contributed by atoms with van der Waals surface area (Å²) < 4.78 is 6.19. The van der Waals surface area contributed by atoms with Crippen molar-refractivity contribution in [2.45, 2.75) is 88.6 Å². The summed E-state index contributed by atoms with van der Waals surface area (Å²) in [7, 11) is 2.06. The summed E-state index contributed by atoms with van der Waals surface area (Å²) in [6.45, 7) is 6.58. The van der Waals surface area contributed by atoms with E-state index in [0.29, 0.717) is 38.4 Å². The van der Waals surface area contributed by atoms with Gasteiger partial charge in [0.05, 0.1) is 5.92 Å². The molecule has 1 unspecified atom stereocenters. The van der Waals surface area contributed by atoms with E-state index >= 15 is 0 Å². The number of hydrogen-bond donors (Lipinski definition) is 3. The Morgan fingerprint density at radius 2 is 2.10 bits per heavy atom. The highest BCUT2D eigenvalue weighted by Gasteiger charge is 2.70. The highest BCUT2D eigenvalue weighted by atomic mass is 16.7. The molecule has 4 aliphatic heterocycles. The fraction of sp³-hybridized carbons (Fsp3) is 0.633. The maximum absolute atomic E-state index is 14.0. The Morgan fingerprint density at radius 3 is 2.88 bits per heavy atom. The lowest BCUT2D eigenvalue weighted by Gasteiger charge is -2.49. The molecular formula is C30H39N5O5. The van der Waals surface area contributed by atoms with Gasteiger partial charge < -0.3 is 25.2 Å². The van der Waals surface area contributed by atoms with Gasteiger partial charge in [-0.3, -0.25) is 24.0 Å². The molecule has 214 valence electrons. The number of nitrogens with one attached hydrogen (secondary N) is 2. The first-order valence-corrected chi connectivity index (χ1v) is 14.7. The number of aromatic amines is 1. The lowest BCUT2D eigenvalue weighted by Crippen LogP contribution is -2.71. The number of aliphatic hydroxyl groups is 1. The van der Waals surface area contributed by atoms with Crippen LogP contribution in [0.2, 0.25) is 0 Å². The number of aromatic nitrogens is 1. The van der Waals surface area contributed by atoms with Gasteiger partial charge in [0.15, 0.2) is 0 Å². The Labute approximate surface area is 234 Å². The van der Waals surface area contributed by atoms with E-state index in [1.807, 2.05) is 13.8 Å². The van der Waals surface area contributed by atoms with Gasteiger partial charge in [-0.25, -0.2) is 0 Å². The first kappa shape index (κ1) is 26.0. The largest absolute Gasteiger partial charge is 0.361 e. The molecule has 7 atom stereocenters. The molecule has 0 bridgehead atoms. The zero-order valence-corrected chi connectivity index (χ0v) is 23.6. The fourth-order valence-electron chi connectivity index (χ4n) is 8.29. The Kier molecular flexibility index (Phi) is 5.70. The van der Waals surface area contributed by atoms with E-state index in [2.05, 4.69) is 46.6 Å². The summed E-state index contributed by atoms with van der Waals surface area (Å²) in [5, 5.41) is 16.1. The Hall–Kier alpha value is -2.95. The SMILES string of the molecule is CC(C)C[C@H]1C(=O)N2CCC[C@H]2[C@]2(O)O[C@@](C)(NC(=O)[C@H]3CC4c5cccc6[nH]cc(c56)C[C@H]4N(C)C3)C(=O)N12. The van der Waals surface area contributed by atoms with Crippen LogP contribution in [0, 0.1) is 11.8 Å². The molecule has 4 saturated heterocycles. The molecule has 0 radical (unpaired) electrons.